The van der Waals surface area contributed by atoms with Crippen molar-refractivity contribution in [1.82, 2.24) is 19.5 Å². The fourth-order valence-corrected chi connectivity index (χ4v) is 7.45. The predicted molar refractivity (Wildman–Crippen MR) is 216 cm³/mol. The minimum atomic E-state index is -4.50. The molecule has 0 spiro atoms. The summed E-state index contributed by atoms with van der Waals surface area (Å²) in [4.78, 5) is 14.8. The van der Waals surface area contributed by atoms with Crippen molar-refractivity contribution in [2.75, 3.05) is 0 Å². The molecular weight excluding hydrogens is 690 g/mol. The minimum absolute atomic E-state index is 0.444. The van der Waals surface area contributed by atoms with E-state index >= 15 is 0 Å². The molecule has 4 nitrogen and oxygen atoms in total. The SMILES string of the molecule is Cc1cc(C)cc(-c2ccc3c(c2)c2ccccc2n3-c2cc(-c3nc(-c4ccccc4)nc(-c4ccccc4)n3)ccc2-c2cccc(C(F)(F)F)c2)c1. The molecule has 0 atom stereocenters. The number of aryl methyl sites for hydroxylation is 2. The van der Waals surface area contributed by atoms with Gasteiger partial charge in [0.2, 0.25) is 0 Å². The highest BCUT2D eigenvalue weighted by Gasteiger charge is 2.31. The molecule has 0 aliphatic heterocycles. The average molecular weight is 723 g/mol. The maximum atomic E-state index is 14.1. The van der Waals surface area contributed by atoms with Gasteiger partial charge in [0.15, 0.2) is 17.5 Å². The van der Waals surface area contributed by atoms with Gasteiger partial charge in [-0.25, -0.2) is 15.0 Å². The second-order valence-corrected chi connectivity index (χ2v) is 13.8. The molecule has 266 valence electrons. The Labute approximate surface area is 316 Å². The normalized spacial score (nSPS) is 11.7. The third-order valence-electron chi connectivity index (χ3n) is 9.92. The van der Waals surface area contributed by atoms with Crippen LogP contribution in [0.2, 0.25) is 0 Å². The lowest BCUT2D eigenvalue weighted by Crippen LogP contribution is -2.05. The summed E-state index contributed by atoms with van der Waals surface area (Å²) in [6.45, 7) is 4.20. The van der Waals surface area contributed by atoms with E-state index in [1.807, 2.05) is 91.0 Å². The van der Waals surface area contributed by atoms with Crippen LogP contribution in [0.3, 0.4) is 0 Å². The molecule has 0 fully saturated rings. The number of aromatic nitrogens is 4. The van der Waals surface area contributed by atoms with Crippen molar-refractivity contribution in [2.24, 2.45) is 0 Å². The molecule has 2 heterocycles. The lowest BCUT2D eigenvalue weighted by atomic mass is 9.98. The molecule has 0 unspecified atom stereocenters. The van der Waals surface area contributed by atoms with Crippen molar-refractivity contribution in [3.63, 3.8) is 0 Å². The van der Waals surface area contributed by atoms with Crippen molar-refractivity contribution >= 4 is 21.8 Å². The van der Waals surface area contributed by atoms with Gasteiger partial charge in [-0.15, -0.1) is 0 Å². The maximum absolute atomic E-state index is 14.1. The van der Waals surface area contributed by atoms with Gasteiger partial charge < -0.3 is 4.57 Å². The summed E-state index contributed by atoms with van der Waals surface area (Å²) in [6.07, 6.45) is -4.50. The van der Waals surface area contributed by atoms with Gasteiger partial charge in [0.05, 0.1) is 22.3 Å². The van der Waals surface area contributed by atoms with E-state index in [1.165, 1.54) is 23.3 Å². The lowest BCUT2D eigenvalue weighted by molar-refractivity contribution is -0.137. The molecule has 0 aliphatic rings. The van der Waals surface area contributed by atoms with Crippen molar-refractivity contribution in [3.05, 3.63) is 180 Å². The van der Waals surface area contributed by atoms with Gasteiger partial charge in [-0.2, -0.15) is 13.2 Å². The Morgan fingerprint density at radius 1 is 0.418 bits per heavy atom. The van der Waals surface area contributed by atoms with E-state index in [2.05, 4.69) is 66.9 Å². The Hall–Kier alpha value is -6.86. The highest BCUT2D eigenvalue weighted by atomic mass is 19.4. The van der Waals surface area contributed by atoms with Crippen LogP contribution < -0.4 is 0 Å². The topological polar surface area (TPSA) is 43.6 Å². The summed E-state index contributed by atoms with van der Waals surface area (Å²) < 4.78 is 44.5. The second-order valence-electron chi connectivity index (χ2n) is 13.8. The van der Waals surface area contributed by atoms with Gasteiger partial charge >= 0.3 is 6.18 Å². The quantitative estimate of drug-likeness (QED) is 0.172. The summed E-state index contributed by atoms with van der Waals surface area (Å²) >= 11 is 0. The molecule has 9 rings (SSSR count). The first kappa shape index (κ1) is 33.9. The van der Waals surface area contributed by atoms with Crippen LogP contribution in [0.1, 0.15) is 16.7 Å². The fourth-order valence-electron chi connectivity index (χ4n) is 7.45. The van der Waals surface area contributed by atoms with E-state index in [0.717, 1.165) is 50.1 Å². The third-order valence-corrected chi connectivity index (χ3v) is 9.92. The number of para-hydroxylation sites is 1. The zero-order chi connectivity index (χ0) is 37.7. The van der Waals surface area contributed by atoms with Gasteiger partial charge in [-0.3, -0.25) is 0 Å². The van der Waals surface area contributed by atoms with E-state index in [1.54, 1.807) is 6.07 Å². The summed E-state index contributed by atoms with van der Waals surface area (Å²) in [5.41, 5.74) is 9.86. The van der Waals surface area contributed by atoms with Crippen molar-refractivity contribution < 1.29 is 13.2 Å². The molecule has 0 saturated carbocycles. The monoisotopic (exact) mass is 722 g/mol. The number of nitrogens with zero attached hydrogens (tertiary/aromatic N) is 4. The first-order chi connectivity index (χ1) is 26.7. The van der Waals surface area contributed by atoms with Crippen molar-refractivity contribution in [1.29, 1.82) is 0 Å². The molecule has 7 heteroatoms. The smallest absolute Gasteiger partial charge is 0.309 e. The molecule has 0 bridgehead atoms. The number of fused-ring (bicyclic) bond motifs is 3. The standard InChI is InChI=1S/C48H33F3N4/c1-30-24-31(2)26-37(25-30)34-21-23-43-41(28-34)40-18-9-10-19-42(40)55(43)44-29-36(20-22-39(44)35-16-11-17-38(27-35)48(49,50)51)47-53-45(32-12-5-3-6-13-32)52-46(54-47)33-14-7-4-8-15-33/h3-29H,1-2H3. The molecule has 0 N–H and O–H groups in total. The largest absolute Gasteiger partial charge is 0.416 e. The Morgan fingerprint density at radius 2 is 0.982 bits per heavy atom. The third kappa shape index (κ3) is 6.44. The summed E-state index contributed by atoms with van der Waals surface area (Å²) in [6, 6.07) is 51.8. The van der Waals surface area contributed by atoms with Crippen LogP contribution in [0.5, 0.6) is 0 Å². The Balaban J connectivity index is 1.32. The molecule has 9 aromatic rings. The van der Waals surface area contributed by atoms with Crippen LogP contribution in [0.25, 0.3) is 83.9 Å². The van der Waals surface area contributed by atoms with E-state index in [9.17, 15) is 13.2 Å². The van der Waals surface area contributed by atoms with E-state index < -0.39 is 11.7 Å². The maximum Gasteiger partial charge on any atom is 0.416 e. The molecule has 55 heavy (non-hydrogen) atoms. The molecule has 0 aliphatic carbocycles. The van der Waals surface area contributed by atoms with Gasteiger partial charge in [-0.1, -0.05) is 139 Å². The Bertz CT molecular complexity index is 2800. The van der Waals surface area contributed by atoms with Crippen LogP contribution in [0, 0.1) is 13.8 Å². The molecule has 0 saturated heterocycles. The molecule has 0 radical (unpaired) electrons. The van der Waals surface area contributed by atoms with E-state index in [0.29, 0.717) is 39.9 Å². The van der Waals surface area contributed by atoms with Crippen LogP contribution in [0.4, 0.5) is 13.2 Å². The summed E-state index contributed by atoms with van der Waals surface area (Å²) in [7, 11) is 0. The zero-order valence-corrected chi connectivity index (χ0v) is 30.0. The van der Waals surface area contributed by atoms with Gasteiger partial charge in [0, 0.05) is 33.0 Å². The van der Waals surface area contributed by atoms with E-state index in [4.69, 9.17) is 15.0 Å². The predicted octanol–water partition coefficient (Wildman–Crippen LogP) is 12.9. The highest BCUT2D eigenvalue weighted by Crippen LogP contribution is 2.41. The van der Waals surface area contributed by atoms with Crippen LogP contribution in [-0.2, 0) is 6.18 Å². The molecular formula is C48H33F3N4. The zero-order valence-electron chi connectivity index (χ0n) is 30.0. The number of hydrogen-bond acceptors (Lipinski definition) is 3. The number of benzene rings is 7. The first-order valence-electron chi connectivity index (χ1n) is 18.0. The number of halogens is 3. The fraction of sp³-hybridized carbons (Fsp3) is 0.0625. The Morgan fingerprint density at radius 3 is 1.64 bits per heavy atom. The molecule has 2 aromatic heterocycles. The molecule has 0 amide bonds. The average Bonchev–Trinajstić information content (AvgIpc) is 3.54. The van der Waals surface area contributed by atoms with Crippen molar-refractivity contribution in [2.45, 2.75) is 20.0 Å². The van der Waals surface area contributed by atoms with E-state index in [-0.39, 0.29) is 0 Å². The van der Waals surface area contributed by atoms with Crippen LogP contribution >= 0.6 is 0 Å². The van der Waals surface area contributed by atoms with Crippen molar-refractivity contribution in [3.8, 4) is 62.1 Å². The Kier molecular flexibility index (Phi) is 8.35. The van der Waals surface area contributed by atoms with Gasteiger partial charge in [-0.05, 0) is 66.9 Å². The van der Waals surface area contributed by atoms with Gasteiger partial charge in [0.25, 0.3) is 0 Å². The number of hydrogen-bond donors (Lipinski definition) is 0. The second kappa shape index (κ2) is 13.5. The molecule has 7 aromatic carbocycles. The lowest BCUT2D eigenvalue weighted by Gasteiger charge is -2.17. The van der Waals surface area contributed by atoms with Crippen LogP contribution in [0.15, 0.2) is 164 Å². The highest BCUT2D eigenvalue weighted by molar-refractivity contribution is 6.11. The van der Waals surface area contributed by atoms with Crippen LogP contribution in [-0.4, -0.2) is 19.5 Å². The summed E-state index contributed by atoms with van der Waals surface area (Å²) in [5.74, 6) is 1.48. The number of alkyl halides is 3. The first-order valence-corrected chi connectivity index (χ1v) is 18.0. The minimum Gasteiger partial charge on any atom is -0.309 e. The van der Waals surface area contributed by atoms with Gasteiger partial charge in [0.1, 0.15) is 0 Å². The summed E-state index contributed by atoms with van der Waals surface area (Å²) in [5, 5.41) is 2.06. The number of rotatable bonds is 6.